The van der Waals surface area contributed by atoms with Crippen LogP contribution in [0.3, 0.4) is 0 Å². The summed E-state index contributed by atoms with van der Waals surface area (Å²) in [7, 11) is 2.01. The first-order valence-electron chi connectivity index (χ1n) is 4.90. The minimum absolute atomic E-state index is 0.342. The average Bonchev–Trinajstić information content (AvgIpc) is 2.65. The number of halogens is 1. The molecule has 0 amide bonds. The summed E-state index contributed by atoms with van der Waals surface area (Å²) in [5.41, 5.74) is 2.46. The van der Waals surface area contributed by atoms with E-state index in [1.807, 2.05) is 36.3 Å². The molecule has 1 aromatic carbocycles. The zero-order chi connectivity index (χ0) is 10.8. The number of nitrogens with zero attached hydrogens (tertiary/aromatic N) is 2. The average molecular weight is 221 g/mol. The van der Waals surface area contributed by atoms with Crippen molar-refractivity contribution < 1.29 is 0 Å². The first kappa shape index (κ1) is 10.2. The van der Waals surface area contributed by atoms with Crippen molar-refractivity contribution in [2.75, 3.05) is 0 Å². The van der Waals surface area contributed by atoms with Crippen LogP contribution in [0.5, 0.6) is 0 Å². The molecule has 0 spiro atoms. The molecule has 0 aliphatic carbocycles. The smallest absolute Gasteiger partial charge is 0.0945 e. The van der Waals surface area contributed by atoms with Gasteiger partial charge >= 0.3 is 0 Å². The van der Waals surface area contributed by atoms with Gasteiger partial charge < -0.3 is 4.57 Å². The molecule has 1 unspecified atom stereocenters. The first-order chi connectivity index (χ1) is 7.18. The SMILES string of the molecule is CC(c1ccc(Cl)cc1)c1cncn1C. The minimum Gasteiger partial charge on any atom is -0.337 e. The standard InChI is InChI=1S/C12H13ClN2/c1-9(12-7-14-8-15(12)2)10-3-5-11(13)6-4-10/h3-9H,1-2H3. The molecule has 15 heavy (non-hydrogen) atoms. The van der Waals surface area contributed by atoms with Crippen LogP contribution in [0.2, 0.25) is 5.02 Å². The van der Waals surface area contributed by atoms with Gasteiger partial charge in [0.1, 0.15) is 0 Å². The van der Waals surface area contributed by atoms with Crippen molar-refractivity contribution in [1.29, 1.82) is 0 Å². The zero-order valence-electron chi connectivity index (χ0n) is 8.81. The molecule has 0 aliphatic heterocycles. The van der Waals surface area contributed by atoms with Crippen molar-refractivity contribution in [2.45, 2.75) is 12.8 Å². The third-order valence-corrected chi connectivity index (χ3v) is 2.92. The largest absolute Gasteiger partial charge is 0.337 e. The van der Waals surface area contributed by atoms with E-state index in [9.17, 15) is 0 Å². The van der Waals surface area contributed by atoms with Crippen LogP contribution in [0.25, 0.3) is 0 Å². The molecule has 1 atom stereocenters. The van der Waals surface area contributed by atoms with Crippen LogP contribution in [0.4, 0.5) is 0 Å². The Morgan fingerprint density at radius 2 is 1.93 bits per heavy atom. The summed E-state index contributed by atoms with van der Waals surface area (Å²) in [6, 6.07) is 7.95. The molecular weight excluding hydrogens is 208 g/mol. The molecule has 0 N–H and O–H groups in total. The van der Waals surface area contributed by atoms with Gasteiger partial charge in [0.15, 0.2) is 0 Å². The van der Waals surface area contributed by atoms with E-state index in [4.69, 9.17) is 11.6 Å². The first-order valence-corrected chi connectivity index (χ1v) is 5.28. The number of benzene rings is 1. The molecule has 0 saturated carbocycles. The second-order valence-corrected chi connectivity index (χ2v) is 4.14. The molecule has 1 aromatic heterocycles. The topological polar surface area (TPSA) is 17.8 Å². The zero-order valence-corrected chi connectivity index (χ0v) is 9.57. The Morgan fingerprint density at radius 1 is 1.27 bits per heavy atom. The van der Waals surface area contributed by atoms with Crippen LogP contribution in [-0.4, -0.2) is 9.55 Å². The Labute approximate surface area is 94.5 Å². The number of imidazole rings is 1. The van der Waals surface area contributed by atoms with Gasteiger partial charge in [-0.3, -0.25) is 0 Å². The van der Waals surface area contributed by atoms with Crippen LogP contribution >= 0.6 is 11.6 Å². The van der Waals surface area contributed by atoms with E-state index < -0.39 is 0 Å². The van der Waals surface area contributed by atoms with Gasteiger partial charge in [-0.2, -0.15) is 0 Å². The molecule has 0 radical (unpaired) electrons. The molecule has 0 fully saturated rings. The highest BCUT2D eigenvalue weighted by Gasteiger charge is 2.11. The van der Waals surface area contributed by atoms with Crippen LogP contribution in [-0.2, 0) is 7.05 Å². The molecule has 0 aliphatic rings. The Balaban J connectivity index is 2.32. The summed E-state index contributed by atoms with van der Waals surface area (Å²) in [6.07, 6.45) is 3.72. The predicted molar refractivity (Wildman–Crippen MR) is 62.2 cm³/mol. The van der Waals surface area contributed by atoms with Crippen LogP contribution in [0.15, 0.2) is 36.8 Å². The van der Waals surface area contributed by atoms with E-state index >= 15 is 0 Å². The fraction of sp³-hybridized carbons (Fsp3) is 0.250. The summed E-state index contributed by atoms with van der Waals surface area (Å²) < 4.78 is 2.04. The second-order valence-electron chi connectivity index (χ2n) is 3.70. The van der Waals surface area contributed by atoms with Gasteiger partial charge in [0.2, 0.25) is 0 Å². The van der Waals surface area contributed by atoms with Gasteiger partial charge in [-0.15, -0.1) is 0 Å². The van der Waals surface area contributed by atoms with Crippen LogP contribution in [0.1, 0.15) is 24.1 Å². The second kappa shape index (κ2) is 4.07. The van der Waals surface area contributed by atoms with Gasteiger partial charge in [-0.05, 0) is 17.7 Å². The lowest BCUT2D eigenvalue weighted by Gasteiger charge is -2.12. The molecule has 1 heterocycles. The van der Waals surface area contributed by atoms with E-state index in [1.165, 1.54) is 11.3 Å². The predicted octanol–water partition coefficient (Wildman–Crippen LogP) is 3.23. The van der Waals surface area contributed by atoms with Gasteiger partial charge in [0.05, 0.1) is 6.33 Å². The molecule has 0 saturated heterocycles. The number of rotatable bonds is 2. The highest BCUT2D eigenvalue weighted by atomic mass is 35.5. The fourth-order valence-electron chi connectivity index (χ4n) is 1.71. The lowest BCUT2D eigenvalue weighted by molar-refractivity contribution is 0.769. The van der Waals surface area contributed by atoms with E-state index in [0.717, 1.165) is 5.02 Å². The molecule has 2 aromatic rings. The molecule has 2 nitrogen and oxygen atoms in total. The van der Waals surface area contributed by atoms with Gasteiger partial charge in [-0.25, -0.2) is 4.98 Å². The Kier molecular flexibility index (Phi) is 2.78. The van der Waals surface area contributed by atoms with E-state index in [0.29, 0.717) is 5.92 Å². The maximum Gasteiger partial charge on any atom is 0.0945 e. The molecule has 0 bridgehead atoms. The van der Waals surface area contributed by atoms with Crippen molar-refractivity contribution in [3.8, 4) is 0 Å². The Bertz CT molecular complexity index is 445. The molecule has 3 heteroatoms. The number of hydrogen-bond donors (Lipinski definition) is 0. The summed E-state index contributed by atoms with van der Waals surface area (Å²) in [6.45, 7) is 2.17. The summed E-state index contributed by atoms with van der Waals surface area (Å²) >= 11 is 5.85. The number of aromatic nitrogens is 2. The monoisotopic (exact) mass is 220 g/mol. The lowest BCUT2D eigenvalue weighted by Crippen LogP contribution is -2.01. The minimum atomic E-state index is 0.342. The van der Waals surface area contributed by atoms with Gasteiger partial charge in [0, 0.05) is 29.9 Å². The van der Waals surface area contributed by atoms with E-state index in [1.54, 1.807) is 0 Å². The van der Waals surface area contributed by atoms with Crippen molar-refractivity contribution >= 4 is 11.6 Å². The fourth-order valence-corrected chi connectivity index (χ4v) is 1.83. The molecular formula is C12H13ClN2. The number of aryl methyl sites for hydroxylation is 1. The summed E-state index contributed by atoms with van der Waals surface area (Å²) in [4.78, 5) is 4.12. The third kappa shape index (κ3) is 2.05. The van der Waals surface area contributed by atoms with Crippen molar-refractivity contribution in [3.05, 3.63) is 53.1 Å². The maximum atomic E-state index is 5.85. The van der Waals surface area contributed by atoms with Crippen molar-refractivity contribution in [2.24, 2.45) is 7.05 Å². The Hall–Kier alpha value is -1.28. The van der Waals surface area contributed by atoms with Crippen LogP contribution in [0, 0.1) is 0 Å². The van der Waals surface area contributed by atoms with Gasteiger partial charge in [0.25, 0.3) is 0 Å². The quantitative estimate of drug-likeness (QED) is 0.760. The maximum absolute atomic E-state index is 5.85. The molecule has 78 valence electrons. The number of hydrogen-bond acceptors (Lipinski definition) is 1. The van der Waals surface area contributed by atoms with Crippen LogP contribution < -0.4 is 0 Å². The van der Waals surface area contributed by atoms with Crippen molar-refractivity contribution in [3.63, 3.8) is 0 Å². The lowest BCUT2D eigenvalue weighted by atomic mass is 9.98. The van der Waals surface area contributed by atoms with Crippen molar-refractivity contribution in [1.82, 2.24) is 9.55 Å². The normalized spacial score (nSPS) is 12.7. The summed E-state index contributed by atoms with van der Waals surface area (Å²) in [5, 5.41) is 0.774. The highest BCUT2D eigenvalue weighted by Crippen LogP contribution is 2.24. The molecule has 2 rings (SSSR count). The van der Waals surface area contributed by atoms with E-state index in [-0.39, 0.29) is 0 Å². The summed E-state index contributed by atoms with van der Waals surface area (Å²) in [5.74, 6) is 0.342. The Morgan fingerprint density at radius 3 is 2.47 bits per heavy atom. The highest BCUT2D eigenvalue weighted by molar-refractivity contribution is 6.30. The third-order valence-electron chi connectivity index (χ3n) is 2.67. The van der Waals surface area contributed by atoms with E-state index in [2.05, 4.69) is 24.0 Å². The van der Waals surface area contributed by atoms with Gasteiger partial charge in [-0.1, -0.05) is 30.7 Å².